The summed E-state index contributed by atoms with van der Waals surface area (Å²) in [4.78, 5) is 19.9. The summed E-state index contributed by atoms with van der Waals surface area (Å²) < 4.78 is 11.5. The van der Waals surface area contributed by atoms with Crippen molar-refractivity contribution in [3.05, 3.63) is 34.9 Å². The predicted octanol–water partition coefficient (Wildman–Crippen LogP) is 3.28. The van der Waals surface area contributed by atoms with Crippen molar-refractivity contribution in [3.8, 4) is 11.5 Å². The van der Waals surface area contributed by atoms with E-state index in [-0.39, 0.29) is 5.91 Å². The molecule has 0 saturated carbocycles. The van der Waals surface area contributed by atoms with Gasteiger partial charge in [-0.05, 0) is 30.0 Å². The lowest BCUT2D eigenvalue weighted by molar-refractivity contribution is -0.122. The molecule has 0 radical (unpaired) electrons. The molecule has 3 heterocycles. The van der Waals surface area contributed by atoms with Gasteiger partial charge in [0, 0.05) is 45.5 Å². The Morgan fingerprint density at radius 3 is 2.69 bits per heavy atom. The number of benzene rings is 1. The molecular formula is C21H27N3O3S2. The standard InChI is InChI=1S/C21H27N3O3S2/c1-15(2)5-6-24-20(25)19(29-21(24)28)13-23-9-7-22(8-10-23)12-16-3-4-17-18(11-16)27-14-26-17/h3-4,11,13,15H,5-10,12,14H2,1-2H3/b19-13-. The molecule has 6 nitrogen and oxygen atoms in total. The van der Waals surface area contributed by atoms with E-state index >= 15 is 0 Å². The van der Waals surface area contributed by atoms with Crippen LogP contribution in [-0.4, -0.2) is 64.4 Å². The van der Waals surface area contributed by atoms with Crippen LogP contribution in [0.2, 0.25) is 0 Å². The molecule has 0 bridgehead atoms. The minimum absolute atomic E-state index is 0.0587. The summed E-state index contributed by atoms with van der Waals surface area (Å²) in [5, 5.41) is 0. The Kier molecular flexibility index (Phi) is 6.32. The molecule has 1 amide bonds. The summed E-state index contributed by atoms with van der Waals surface area (Å²) in [5.74, 6) is 2.27. The number of rotatable bonds is 6. The van der Waals surface area contributed by atoms with E-state index in [9.17, 15) is 4.79 Å². The maximum Gasteiger partial charge on any atom is 0.267 e. The van der Waals surface area contributed by atoms with Crippen LogP contribution in [0.1, 0.15) is 25.8 Å². The van der Waals surface area contributed by atoms with Crippen molar-refractivity contribution in [1.29, 1.82) is 0 Å². The third-order valence-corrected chi connectivity index (χ3v) is 6.72. The Hall–Kier alpha value is -1.77. The quantitative estimate of drug-likeness (QED) is 0.504. The van der Waals surface area contributed by atoms with Gasteiger partial charge in [-0.2, -0.15) is 0 Å². The zero-order valence-electron chi connectivity index (χ0n) is 16.9. The van der Waals surface area contributed by atoms with E-state index in [1.54, 1.807) is 4.90 Å². The molecule has 2 fully saturated rings. The van der Waals surface area contributed by atoms with E-state index in [0.29, 0.717) is 23.6 Å². The minimum atomic E-state index is 0.0587. The monoisotopic (exact) mass is 433 g/mol. The van der Waals surface area contributed by atoms with Crippen molar-refractivity contribution in [2.24, 2.45) is 5.92 Å². The highest BCUT2D eigenvalue weighted by atomic mass is 32.2. The van der Waals surface area contributed by atoms with Gasteiger partial charge in [-0.1, -0.05) is 43.9 Å². The molecule has 0 aromatic heterocycles. The van der Waals surface area contributed by atoms with Crippen molar-refractivity contribution >= 4 is 34.2 Å². The van der Waals surface area contributed by atoms with Crippen molar-refractivity contribution in [2.75, 3.05) is 39.5 Å². The second-order valence-electron chi connectivity index (χ2n) is 8.00. The maximum absolute atomic E-state index is 12.7. The van der Waals surface area contributed by atoms with Gasteiger partial charge in [-0.25, -0.2) is 0 Å². The first-order chi connectivity index (χ1) is 14.0. The third kappa shape index (κ3) is 4.87. The highest BCUT2D eigenvalue weighted by Gasteiger charge is 2.32. The molecule has 0 unspecified atom stereocenters. The second-order valence-corrected chi connectivity index (χ2v) is 9.68. The van der Waals surface area contributed by atoms with Crippen LogP contribution in [-0.2, 0) is 11.3 Å². The number of ether oxygens (including phenoxy) is 2. The van der Waals surface area contributed by atoms with Crippen LogP contribution < -0.4 is 9.47 Å². The SMILES string of the molecule is CC(C)CCN1C(=O)/C(=C/N2CCN(Cc3ccc4c(c3)OCO4)CC2)SC1=S. The Morgan fingerprint density at radius 2 is 1.93 bits per heavy atom. The van der Waals surface area contributed by atoms with Gasteiger partial charge >= 0.3 is 0 Å². The number of piperazine rings is 1. The highest BCUT2D eigenvalue weighted by molar-refractivity contribution is 8.26. The lowest BCUT2D eigenvalue weighted by atomic mass is 10.1. The van der Waals surface area contributed by atoms with Crippen LogP contribution in [0.25, 0.3) is 0 Å². The predicted molar refractivity (Wildman–Crippen MR) is 119 cm³/mol. The fourth-order valence-electron chi connectivity index (χ4n) is 3.58. The zero-order valence-corrected chi connectivity index (χ0v) is 18.6. The summed E-state index contributed by atoms with van der Waals surface area (Å²) in [7, 11) is 0. The number of carbonyl (C=O) groups excluding carboxylic acids is 1. The van der Waals surface area contributed by atoms with Gasteiger partial charge in [-0.3, -0.25) is 14.6 Å². The Balaban J connectivity index is 1.29. The molecule has 156 valence electrons. The van der Waals surface area contributed by atoms with E-state index in [4.69, 9.17) is 21.7 Å². The number of thioether (sulfide) groups is 1. The summed E-state index contributed by atoms with van der Waals surface area (Å²) in [6, 6.07) is 6.15. The summed E-state index contributed by atoms with van der Waals surface area (Å²) in [5.41, 5.74) is 1.23. The van der Waals surface area contributed by atoms with Crippen molar-refractivity contribution in [2.45, 2.75) is 26.8 Å². The van der Waals surface area contributed by atoms with Gasteiger partial charge in [0.15, 0.2) is 11.5 Å². The molecule has 4 rings (SSSR count). The third-order valence-electron chi connectivity index (χ3n) is 5.35. The van der Waals surface area contributed by atoms with Crippen LogP contribution in [0.5, 0.6) is 11.5 Å². The van der Waals surface area contributed by atoms with Crippen LogP contribution in [0.3, 0.4) is 0 Å². The molecule has 3 aliphatic rings. The molecule has 0 aliphatic carbocycles. The smallest absolute Gasteiger partial charge is 0.267 e. The van der Waals surface area contributed by atoms with Crippen LogP contribution in [0, 0.1) is 5.92 Å². The fraction of sp³-hybridized carbons (Fsp3) is 0.524. The number of nitrogens with zero attached hydrogens (tertiary/aromatic N) is 3. The maximum atomic E-state index is 12.7. The molecule has 0 atom stereocenters. The van der Waals surface area contributed by atoms with Gasteiger partial charge in [0.05, 0.1) is 4.91 Å². The zero-order chi connectivity index (χ0) is 20.4. The average molecular weight is 434 g/mol. The molecule has 0 spiro atoms. The van der Waals surface area contributed by atoms with E-state index in [0.717, 1.165) is 55.5 Å². The summed E-state index contributed by atoms with van der Waals surface area (Å²) in [6.45, 7) is 9.96. The molecule has 3 aliphatic heterocycles. The lowest BCUT2D eigenvalue weighted by Crippen LogP contribution is -2.43. The topological polar surface area (TPSA) is 45.3 Å². The van der Waals surface area contributed by atoms with E-state index < -0.39 is 0 Å². The van der Waals surface area contributed by atoms with Gasteiger partial charge in [0.2, 0.25) is 6.79 Å². The molecule has 1 aromatic rings. The molecular weight excluding hydrogens is 406 g/mol. The van der Waals surface area contributed by atoms with Crippen molar-refractivity contribution < 1.29 is 14.3 Å². The van der Waals surface area contributed by atoms with Crippen molar-refractivity contribution in [3.63, 3.8) is 0 Å². The molecule has 8 heteroatoms. The summed E-state index contributed by atoms with van der Waals surface area (Å²) in [6.07, 6.45) is 2.98. The van der Waals surface area contributed by atoms with Gasteiger partial charge in [-0.15, -0.1) is 0 Å². The normalized spacial score (nSPS) is 21.1. The number of hydrogen-bond donors (Lipinski definition) is 0. The number of amides is 1. The van der Waals surface area contributed by atoms with E-state index in [1.165, 1.54) is 17.3 Å². The van der Waals surface area contributed by atoms with Crippen LogP contribution in [0.4, 0.5) is 0 Å². The number of hydrogen-bond acceptors (Lipinski definition) is 7. The summed E-state index contributed by atoms with van der Waals surface area (Å²) >= 11 is 6.85. The Bertz CT molecular complexity index is 819. The molecule has 2 saturated heterocycles. The number of carbonyl (C=O) groups is 1. The van der Waals surface area contributed by atoms with E-state index in [2.05, 4.69) is 35.8 Å². The van der Waals surface area contributed by atoms with Crippen LogP contribution >= 0.6 is 24.0 Å². The molecule has 29 heavy (non-hydrogen) atoms. The first-order valence-electron chi connectivity index (χ1n) is 10.1. The molecule has 0 N–H and O–H groups in total. The van der Waals surface area contributed by atoms with Crippen molar-refractivity contribution in [1.82, 2.24) is 14.7 Å². The number of thiocarbonyl (C=S) groups is 1. The number of fused-ring (bicyclic) bond motifs is 1. The average Bonchev–Trinajstić information content (AvgIpc) is 3.26. The van der Waals surface area contributed by atoms with Crippen LogP contribution in [0.15, 0.2) is 29.3 Å². The first-order valence-corrected chi connectivity index (χ1v) is 11.3. The molecule has 1 aromatic carbocycles. The van der Waals surface area contributed by atoms with E-state index in [1.807, 2.05) is 12.3 Å². The second kappa shape index (κ2) is 8.93. The highest BCUT2D eigenvalue weighted by Crippen LogP contribution is 2.33. The van der Waals surface area contributed by atoms with Gasteiger partial charge in [0.1, 0.15) is 4.32 Å². The largest absolute Gasteiger partial charge is 0.454 e. The fourth-order valence-corrected chi connectivity index (χ4v) is 4.90. The minimum Gasteiger partial charge on any atom is -0.454 e. The first kappa shape index (κ1) is 20.5. The Labute approximate surface area is 181 Å². The van der Waals surface area contributed by atoms with Gasteiger partial charge < -0.3 is 14.4 Å². The lowest BCUT2D eigenvalue weighted by Gasteiger charge is -2.34. The van der Waals surface area contributed by atoms with Gasteiger partial charge in [0.25, 0.3) is 5.91 Å². The Morgan fingerprint density at radius 1 is 1.17 bits per heavy atom.